The van der Waals surface area contributed by atoms with Crippen LogP contribution in [-0.2, 0) is 33.6 Å². The lowest BCUT2D eigenvalue weighted by Crippen LogP contribution is -2.55. The van der Waals surface area contributed by atoms with Crippen LogP contribution in [0.5, 0.6) is 0 Å². The molecule has 8 aliphatic rings. The Bertz CT molecular complexity index is 5420. The van der Waals surface area contributed by atoms with Crippen molar-refractivity contribution in [2.45, 2.75) is 167 Å². The number of likely N-dealkylation sites (N-methyl/N-ethyl adjacent to an activating group) is 3. The first-order valence-corrected chi connectivity index (χ1v) is 44.3. The Balaban J connectivity index is 0.000000166. The van der Waals surface area contributed by atoms with Crippen molar-refractivity contribution in [3.8, 4) is 33.4 Å². The molecule has 694 valence electrons. The van der Waals surface area contributed by atoms with Gasteiger partial charge in [0.25, 0.3) is 23.6 Å². The Labute approximate surface area is 751 Å². The molecule has 19 nitrogen and oxygen atoms in total. The van der Waals surface area contributed by atoms with E-state index in [2.05, 4.69) is 119 Å². The number of rotatable bonds is 19. The van der Waals surface area contributed by atoms with E-state index in [0.717, 1.165) is 113 Å². The van der Waals surface area contributed by atoms with Crippen LogP contribution < -0.4 is 51.9 Å². The van der Waals surface area contributed by atoms with Gasteiger partial charge in [0, 0.05) is 161 Å². The van der Waals surface area contributed by atoms with Crippen LogP contribution in [0.2, 0.25) is 0 Å². The molecule has 4 atom stereocenters. The van der Waals surface area contributed by atoms with Gasteiger partial charge in [-0.2, -0.15) is 39.5 Å². The summed E-state index contributed by atoms with van der Waals surface area (Å²) in [6.07, 6.45) is 0.365. The maximum absolute atomic E-state index is 15.3. The number of benzene rings is 7. The predicted molar refractivity (Wildman–Crippen MR) is 488 cm³/mol. The van der Waals surface area contributed by atoms with E-state index in [1.807, 2.05) is 32.3 Å². The second kappa shape index (κ2) is 41.9. The van der Waals surface area contributed by atoms with Crippen molar-refractivity contribution in [2.75, 3.05) is 130 Å². The first-order valence-electron chi connectivity index (χ1n) is 44.3. The van der Waals surface area contributed by atoms with Gasteiger partial charge in [-0.15, -0.1) is 0 Å². The molecule has 0 radical (unpaired) electrons. The fraction of sp³-hybridized carbons (Fsp3) is 0.414. The van der Waals surface area contributed by atoms with Gasteiger partial charge in [-0.25, -0.2) is 13.2 Å². The number of allylic oxidation sites excluding steroid dienone is 2. The van der Waals surface area contributed by atoms with Crippen LogP contribution in [0.4, 0.5) is 86.8 Å². The van der Waals surface area contributed by atoms with Crippen molar-refractivity contribution in [3.05, 3.63) is 250 Å². The highest BCUT2D eigenvalue weighted by Crippen LogP contribution is 2.44. The van der Waals surface area contributed by atoms with Crippen LogP contribution in [0.1, 0.15) is 135 Å². The van der Waals surface area contributed by atoms with E-state index in [-0.39, 0.29) is 58.8 Å². The van der Waals surface area contributed by atoms with Crippen molar-refractivity contribution in [3.63, 3.8) is 0 Å². The lowest BCUT2D eigenvalue weighted by Gasteiger charge is -2.44. The fourth-order valence-corrected chi connectivity index (χ4v) is 17.9. The number of aryl methyl sites for hydroxylation is 1. The Morgan fingerprint density at radius 2 is 0.877 bits per heavy atom. The largest absolute Gasteiger partial charge is 0.417 e. The molecule has 7 aromatic carbocycles. The van der Waals surface area contributed by atoms with E-state index in [4.69, 9.17) is 4.74 Å². The quantitative estimate of drug-likeness (QED) is 0.0379. The molecular formula is C99H114F12N14O5. The van der Waals surface area contributed by atoms with Crippen LogP contribution in [0, 0.1) is 24.4 Å². The van der Waals surface area contributed by atoms with E-state index < -0.39 is 87.1 Å². The molecule has 4 saturated heterocycles. The third-order valence-corrected chi connectivity index (χ3v) is 25.7. The SMILES string of the molecule is C=C1C=C(C(F)(F)F)C(C(=O)Nc2cc(-c3cc(C(=O)NC4CCCCC4)ccc3F)ccc2N2C[C@@H](C)N(C)[C@@H](C)C2)=CN1.C=C1C=C(C(F)(F)F)C(C(=O)Nc2cc(-c3cc(CNC4CCCCC4)ccc3F)ccc2N2C[C@@H](C)N(C)[C@@H](C)C2)=CN1.Cc1ccc(C(=O)Nc2cc(-c3cc(CN4CCOCC4)ccc3F)ccc2N2CCN(C)CC2)c(C(F)(F)F)c1. The van der Waals surface area contributed by atoms with Crippen molar-refractivity contribution in [2.24, 2.45) is 0 Å². The summed E-state index contributed by atoms with van der Waals surface area (Å²) in [7, 11) is 6.10. The van der Waals surface area contributed by atoms with Gasteiger partial charge in [-0.1, -0.05) is 93.6 Å². The van der Waals surface area contributed by atoms with Crippen molar-refractivity contribution < 1.29 is 76.6 Å². The maximum atomic E-state index is 15.3. The summed E-state index contributed by atoms with van der Waals surface area (Å²) in [6.45, 7) is 26.6. The summed E-state index contributed by atoms with van der Waals surface area (Å²) in [6, 6.07) is 34.5. The number of nitrogens with one attached hydrogen (secondary N) is 7. The topological polar surface area (TPSA) is 184 Å². The number of dihydropyridines is 2. The Kier molecular flexibility index (Phi) is 31.1. The Hall–Kier alpha value is -11.2. The summed E-state index contributed by atoms with van der Waals surface area (Å²) < 4.78 is 176. The van der Waals surface area contributed by atoms with Crippen LogP contribution in [-0.4, -0.2) is 192 Å². The molecule has 7 aromatic rings. The lowest BCUT2D eigenvalue weighted by atomic mass is 9.95. The molecule has 31 heteroatoms. The van der Waals surface area contributed by atoms with Gasteiger partial charge in [-0.3, -0.25) is 33.9 Å². The maximum Gasteiger partial charge on any atom is 0.417 e. The molecule has 6 heterocycles. The van der Waals surface area contributed by atoms with Crippen LogP contribution in [0.3, 0.4) is 0 Å². The summed E-state index contributed by atoms with van der Waals surface area (Å²) >= 11 is 0. The number of ether oxygens (including phenoxy) is 1. The summed E-state index contributed by atoms with van der Waals surface area (Å²) in [5.74, 6) is -4.47. The van der Waals surface area contributed by atoms with Crippen LogP contribution in [0.25, 0.3) is 33.4 Å². The average molecular weight is 1810 g/mol. The van der Waals surface area contributed by atoms with E-state index in [9.17, 15) is 58.7 Å². The summed E-state index contributed by atoms with van der Waals surface area (Å²) in [5.41, 5.74) is 2.90. The Morgan fingerprint density at radius 3 is 1.34 bits per heavy atom. The standard InChI is InChI=1S/C34H39F4N5O2.C34H41F4N5O.C31H34F4N4O2/c1-20-14-28(34(36,37)38)27(17-39-20)33(45)41-30-16-23(11-13-31(30)43-18-21(2)42(4)22(3)19-43)26-15-24(10-12-29(26)35)32(44)40-25-8-6-5-7-9-25;1-21-14-29(34(36,37)38)28(18-39-21)33(44)41-31-16-25(11-13-32(31)43-19-22(2)42(4)23(3)20-43)27-15-24(10-12-30(27)35)17-40-26-8-6-5-7-9-26;1-21-3-6-24(26(17-21)31(33,34)35)30(40)36-28-19-23(5-8-29(28)39-11-9-37(2)10-12-39)25-18-22(4-7-27(25)32)20-38-13-15-41-16-14-38/h10-17,21-22,25,39H,1,5-9,18-19H2,2-4H3,(H,40,44)(H,41,45);10-16,18,22-23,26,39-40H,1,5-9,17,19-20H2,2-4H3,(H,41,44);3-8,17-19H,9-16,20H2,1-2H3,(H,36,40)/t21-,22+;22-,23+;. The second-order valence-electron chi connectivity index (χ2n) is 35.2. The minimum Gasteiger partial charge on any atom is -0.379 e. The number of halogens is 12. The van der Waals surface area contributed by atoms with E-state index in [0.29, 0.717) is 139 Å². The molecule has 7 N–H and O–H groups in total. The third-order valence-electron chi connectivity index (χ3n) is 25.7. The number of amides is 4. The number of hydrogen-bond donors (Lipinski definition) is 7. The van der Waals surface area contributed by atoms with E-state index in [1.54, 1.807) is 67.6 Å². The van der Waals surface area contributed by atoms with E-state index >= 15 is 13.2 Å². The Morgan fingerprint density at radius 1 is 0.454 bits per heavy atom. The molecule has 6 aliphatic heterocycles. The van der Waals surface area contributed by atoms with Crippen LogP contribution in [0.15, 0.2) is 199 Å². The molecule has 0 unspecified atom stereocenters. The van der Waals surface area contributed by atoms with Gasteiger partial charge in [0.15, 0.2) is 0 Å². The first-order chi connectivity index (χ1) is 61.8. The van der Waals surface area contributed by atoms with Gasteiger partial charge >= 0.3 is 18.5 Å². The lowest BCUT2D eigenvalue weighted by molar-refractivity contribution is -0.138. The predicted octanol–water partition coefficient (Wildman–Crippen LogP) is 19.0. The smallest absolute Gasteiger partial charge is 0.379 e. The molecular weight excluding hydrogens is 1690 g/mol. The summed E-state index contributed by atoms with van der Waals surface area (Å²) in [5, 5.41) is 20.0. The van der Waals surface area contributed by atoms with Gasteiger partial charge < -0.3 is 61.6 Å². The number of nitrogens with zero attached hydrogens (tertiary/aromatic N) is 7. The van der Waals surface area contributed by atoms with Crippen molar-refractivity contribution >= 4 is 57.8 Å². The number of piperazine rings is 3. The molecule has 0 aromatic heterocycles. The van der Waals surface area contributed by atoms with Crippen molar-refractivity contribution in [1.29, 1.82) is 0 Å². The molecule has 130 heavy (non-hydrogen) atoms. The number of carbonyl (C=O) groups is 4. The summed E-state index contributed by atoms with van der Waals surface area (Å²) in [4.78, 5) is 68.5. The fourth-order valence-electron chi connectivity index (χ4n) is 17.9. The third kappa shape index (κ3) is 24.1. The minimum absolute atomic E-state index is 0.00449. The second-order valence-corrected chi connectivity index (χ2v) is 35.2. The highest BCUT2D eigenvalue weighted by atomic mass is 19.4. The zero-order valence-electron chi connectivity index (χ0n) is 74.5. The zero-order chi connectivity index (χ0) is 93.2. The molecule has 6 fully saturated rings. The molecule has 2 aliphatic carbocycles. The van der Waals surface area contributed by atoms with Gasteiger partial charge in [0.05, 0.1) is 80.8 Å². The monoisotopic (exact) mass is 1810 g/mol. The highest BCUT2D eigenvalue weighted by Gasteiger charge is 2.43. The number of anilines is 6. The normalized spacial score (nSPS) is 20.2. The zero-order valence-corrected chi connectivity index (χ0v) is 74.5. The highest BCUT2D eigenvalue weighted by molar-refractivity contribution is 6.11. The number of carbonyl (C=O) groups excluding carboxylic acids is 4. The average Bonchev–Trinajstić information content (AvgIpc) is 0.785. The van der Waals surface area contributed by atoms with Crippen molar-refractivity contribution in [1.82, 2.24) is 40.9 Å². The van der Waals surface area contributed by atoms with E-state index in [1.165, 1.54) is 61.7 Å². The first kappa shape index (κ1) is 96.3. The van der Waals surface area contributed by atoms with Crippen LogP contribution >= 0.6 is 0 Å². The molecule has 0 spiro atoms. The molecule has 15 rings (SSSR count). The molecule has 4 amide bonds. The molecule has 0 bridgehead atoms. The number of alkyl halides is 9. The van der Waals surface area contributed by atoms with Gasteiger partial charge in [0.1, 0.15) is 17.5 Å². The molecule has 2 saturated carbocycles. The number of hydrogen-bond acceptors (Lipinski definition) is 15. The minimum atomic E-state index is -4.79. The van der Waals surface area contributed by atoms with Gasteiger partial charge in [0.2, 0.25) is 0 Å². The van der Waals surface area contributed by atoms with Gasteiger partial charge in [-0.05, 0) is 212 Å². The number of morpholine rings is 1.